The van der Waals surface area contributed by atoms with Crippen LogP contribution in [-0.2, 0) is 15.6 Å². The summed E-state index contributed by atoms with van der Waals surface area (Å²) in [5, 5.41) is -1.94. The van der Waals surface area contributed by atoms with E-state index in [2.05, 4.69) is 0 Å². The van der Waals surface area contributed by atoms with Crippen molar-refractivity contribution < 1.29 is 13.1 Å². The van der Waals surface area contributed by atoms with Gasteiger partial charge in [-0.05, 0) is 11.1 Å². The molecule has 1 unspecified atom stereocenters. The van der Waals surface area contributed by atoms with Gasteiger partial charge < -0.3 is 5.73 Å². The standard InChI is InChI=1S/C15H15NO2S/c16-14(17)11-19(18)15(12-7-3-1-4-8-12)13-9-5-2-6-10-13/h1-10,15H,11H2,(H2,16,17)/i11D2,15D. The van der Waals surface area contributed by atoms with Gasteiger partial charge in [-0.2, -0.15) is 0 Å². The van der Waals surface area contributed by atoms with E-state index in [-0.39, 0.29) is 0 Å². The molecule has 2 aromatic rings. The molecule has 0 aliphatic heterocycles. The van der Waals surface area contributed by atoms with Gasteiger partial charge in [0.1, 0.15) is 5.70 Å². The molecule has 0 aromatic heterocycles. The Balaban J connectivity index is 2.67. The van der Waals surface area contributed by atoms with E-state index < -0.39 is 27.6 Å². The molecule has 1 atom stereocenters. The second-order valence-electron chi connectivity index (χ2n) is 3.80. The number of primary amides is 1. The van der Waals surface area contributed by atoms with Crippen LogP contribution in [0.2, 0.25) is 0 Å². The summed E-state index contributed by atoms with van der Waals surface area (Å²) in [5.41, 5.74) is 2.86. The molecule has 0 saturated heterocycles. The first kappa shape index (κ1) is 9.92. The Morgan fingerprint density at radius 2 is 1.53 bits per heavy atom. The Morgan fingerprint density at radius 1 is 1.11 bits per heavy atom. The first-order chi connectivity index (χ1) is 10.3. The zero-order valence-electron chi connectivity index (χ0n) is 13.1. The van der Waals surface area contributed by atoms with Gasteiger partial charge in [0.25, 0.3) is 0 Å². The maximum absolute atomic E-state index is 12.8. The molecule has 0 bridgehead atoms. The van der Waals surface area contributed by atoms with Crippen molar-refractivity contribution in [3.05, 3.63) is 71.8 Å². The van der Waals surface area contributed by atoms with Crippen molar-refractivity contribution in [2.75, 3.05) is 5.70 Å². The van der Waals surface area contributed by atoms with Crippen molar-refractivity contribution in [3.63, 3.8) is 0 Å². The van der Waals surface area contributed by atoms with Crippen molar-refractivity contribution in [3.8, 4) is 0 Å². The van der Waals surface area contributed by atoms with E-state index in [4.69, 9.17) is 9.85 Å². The SMILES string of the molecule is [2H]C([2H])(C(N)=O)S(=O)C([2H])(c1ccccc1)c1ccccc1. The zero-order valence-corrected chi connectivity index (χ0v) is 10.9. The predicted molar refractivity (Wildman–Crippen MR) is 76.9 cm³/mol. The molecule has 4 heteroatoms. The monoisotopic (exact) mass is 276 g/mol. The predicted octanol–water partition coefficient (Wildman–Crippen LogP) is 2.01. The van der Waals surface area contributed by atoms with E-state index in [1.165, 1.54) is 0 Å². The van der Waals surface area contributed by atoms with Gasteiger partial charge in [-0.3, -0.25) is 9.00 Å². The lowest BCUT2D eigenvalue weighted by molar-refractivity contribution is -0.115. The first-order valence-corrected chi connectivity index (χ1v) is 6.79. The second-order valence-corrected chi connectivity index (χ2v) is 4.95. The third-order valence-electron chi connectivity index (χ3n) is 2.45. The Hall–Kier alpha value is -1.94. The topological polar surface area (TPSA) is 60.2 Å². The number of carbonyl (C=O) groups is 1. The van der Waals surface area contributed by atoms with E-state index in [0.717, 1.165) is 0 Å². The average Bonchev–Trinajstić information content (AvgIpc) is 2.54. The smallest absolute Gasteiger partial charge is 0.230 e. The molecule has 2 aromatic carbocycles. The molecule has 0 spiro atoms. The largest absolute Gasteiger partial charge is 0.369 e. The minimum Gasteiger partial charge on any atom is -0.369 e. The molecule has 98 valence electrons. The number of hydrogen-bond donors (Lipinski definition) is 1. The minimum atomic E-state index is -2.83. The maximum Gasteiger partial charge on any atom is 0.230 e. The Labute approximate surface area is 119 Å². The highest BCUT2D eigenvalue weighted by molar-refractivity contribution is 7.86. The quantitative estimate of drug-likeness (QED) is 0.908. The molecule has 3 nitrogen and oxygen atoms in total. The molecule has 0 heterocycles. The van der Waals surface area contributed by atoms with Crippen LogP contribution in [0.1, 0.15) is 20.5 Å². The Bertz CT molecular complexity index is 653. The van der Waals surface area contributed by atoms with Crippen LogP contribution in [0.4, 0.5) is 0 Å². The van der Waals surface area contributed by atoms with Crippen LogP contribution in [0, 0.1) is 0 Å². The number of amides is 1. The fourth-order valence-electron chi connectivity index (χ4n) is 1.70. The summed E-state index contributed by atoms with van der Waals surface area (Å²) in [6.45, 7) is 0. The molecular formula is C15H15NO2S. The average molecular weight is 276 g/mol. The lowest BCUT2D eigenvalue weighted by Crippen LogP contribution is -2.23. The molecule has 2 rings (SSSR count). The van der Waals surface area contributed by atoms with Gasteiger partial charge >= 0.3 is 0 Å². The van der Waals surface area contributed by atoms with Crippen LogP contribution in [0.15, 0.2) is 60.7 Å². The van der Waals surface area contributed by atoms with Gasteiger partial charge in [-0.15, -0.1) is 0 Å². The van der Waals surface area contributed by atoms with Gasteiger partial charge in [0.2, 0.25) is 5.91 Å². The van der Waals surface area contributed by atoms with Crippen molar-refractivity contribution in [1.29, 1.82) is 0 Å². The van der Waals surface area contributed by atoms with Crippen LogP contribution < -0.4 is 5.73 Å². The number of benzene rings is 2. The molecule has 0 fully saturated rings. The lowest BCUT2D eigenvalue weighted by Gasteiger charge is -2.16. The third kappa shape index (κ3) is 3.51. The van der Waals surface area contributed by atoms with Crippen molar-refractivity contribution in [1.82, 2.24) is 0 Å². The van der Waals surface area contributed by atoms with Crippen LogP contribution >= 0.6 is 0 Å². The van der Waals surface area contributed by atoms with Gasteiger partial charge in [0.15, 0.2) is 0 Å². The number of rotatable bonds is 5. The van der Waals surface area contributed by atoms with Crippen LogP contribution in [0.5, 0.6) is 0 Å². The molecule has 2 N–H and O–H groups in total. The summed E-state index contributed by atoms with van der Waals surface area (Å²) in [5.74, 6) is -1.35. The Kier molecular flexibility index (Phi) is 3.29. The fraction of sp³-hybridized carbons (Fsp3) is 0.133. The summed E-state index contributed by atoms with van der Waals surface area (Å²) in [7, 11) is -2.54. The summed E-state index contributed by atoms with van der Waals surface area (Å²) in [6, 6.07) is 16.4. The normalized spacial score (nSPS) is 15.9. The highest BCUT2D eigenvalue weighted by atomic mass is 32.2. The van der Waals surface area contributed by atoms with Crippen LogP contribution in [0.25, 0.3) is 0 Å². The molecule has 0 radical (unpaired) electrons. The Morgan fingerprint density at radius 3 is 1.89 bits per heavy atom. The van der Waals surface area contributed by atoms with Crippen molar-refractivity contribution >= 4 is 16.7 Å². The first-order valence-electron chi connectivity index (χ1n) is 7.14. The van der Waals surface area contributed by atoms with Gasteiger partial charge in [-0.1, -0.05) is 60.7 Å². The molecule has 0 saturated carbocycles. The van der Waals surface area contributed by atoms with E-state index in [9.17, 15) is 9.00 Å². The number of hydrogen-bond acceptors (Lipinski definition) is 2. The molecule has 0 aliphatic rings. The summed E-state index contributed by atoms with van der Waals surface area (Å²) < 4.78 is 36.9. The highest BCUT2D eigenvalue weighted by Gasteiger charge is 2.22. The van der Waals surface area contributed by atoms with Crippen LogP contribution in [-0.4, -0.2) is 15.8 Å². The minimum absolute atomic E-state index is 0.324. The molecule has 19 heavy (non-hydrogen) atoms. The summed E-state index contributed by atoms with van der Waals surface area (Å²) in [6.07, 6.45) is 0. The van der Waals surface area contributed by atoms with E-state index in [1.807, 2.05) is 0 Å². The molecule has 0 aliphatic carbocycles. The number of carbonyl (C=O) groups excluding carboxylic acids is 1. The summed E-state index contributed by atoms with van der Waals surface area (Å²) in [4.78, 5) is 11.3. The molecular weight excluding hydrogens is 258 g/mol. The molecule has 1 amide bonds. The fourth-order valence-corrected chi connectivity index (χ4v) is 2.69. The van der Waals surface area contributed by atoms with Gasteiger partial charge in [0, 0.05) is 10.8 Å². The van der Waals surface area contributed by atoms with E-state index in [0.29, 0.717) is 11.1 Å². The zero-order chi connectivity index (χ0) is 16.4. The lowest BCUT2D eigenvalue weighted by atomic mass is 10.0. The number of nitrogens with two attached hydrogens (primary N) is 1. The summed E-state index contributed by atoms with van der Waals surface area (Å²) >= 11 is 0. The van der Waals surface area contributed by atoms with E-state index >= 15 is 0 Å². The van der Waals surface area contributed by atoms with Crippen molar-refractivity contribution in [2.24, 2.45) is 5.73 Å². The van der Waals surface area contributed by atoms with Crippen LogP contribution in [0.3, 0.4) is 0 Å². The highest BCUT2D eigenvalue weighted by Crippen LogP contribution is 2.27. The maximum atomic E-state index is 12.8. The van der Waals surface area contributed by atoms with E-state index in [1.54, 1.807) is 60.7 Å². The van der Waals surface area contributed by atoms with Crippen molar-refractivity contribution in [2.45, 2.75) is 5.23 Å². The van der Waals surface area contributed by atoms with Gasteiger partial charge in [0.05, 0.1) is 9.34 Å². The third-order valence-corrected chi connectivity index (χ3v) is 3.68. The van der Waals surface area contributed by atoms with Gasteiger partial charge in [-0.25, -0.2) is 0 Å². The second kappa shape index (κ2) is 6.29.